The Morgan fingerprint density at radius 2 is 2.00 bits per heavy atom. The second-order valence-electron chi connectivity index (χ2n) is 4.21. The zero-order valence-corrected chi connectivity index (χ0v) is 12.6. The summed E-state index contributed by atoms with van der Waals surface area (Å²) in [5, 5.41) is 11.6. The van der Waals surface area contributed by atoms with Gasteiger partial charge < -0.3 is 10.9 Å². The van der Waals surface area contributed by atoms with Crippen LogP contribution in [0.15, 0.2) is 23.4 Å². The normalized spacial score (nSPS) is 12.7. The molecule has 0 saturated carbocycles. The number of benzene rings is 1. The van der Waals surface area contributed by atoms with Gasteiger partial charge in [-0.2, -0.15) is 12.7 Å². The van der Waals surface area contributed by atoms with Gasteiger partial charge in [0.1, 0.15) is 0 Å². The van der Waals surface area contributed by atoms with Crippen LogP contribution in [0.4, 0.5) is 5.69 Å². The molecule has 0 bridgehead atoms. The van der Waals surface area contributed by atoms with E-state index in [1.54, 1.807) is 32.9 Å². The molecule has 0 spiro atoms. The van der Waals surface area contributed by atoms with Crippen molar-refractivity contribution in [3.8, 4) is 0 Å². The summed E-state index contributed by atoms with van der Waals surface area (Å²) in [6.07, 6.45) is 0. The molecule has 0 radical (unpaired) electrons. The molecule has 0 amide bonds. The van der Waals surface area contributed by atoms with Gasteiger partial charge in [0.15, 0.2) is 5.84 Å². The Labute approximate surface area is 119 Å². The summed E-state index contributed by atoms with van der Waals surface area (Å²) < 4.78 is 28.2. The summed E-state index contributed by atoms with van der Waals surface area (Å²) in [7, 11) is -3.61. The molecule has 4 N–H and O–H groups in total. The number of nitrogens with one attached hydrogen (secondary N) is 1. The van der Waals surface area contributed by atoms with Gasteiger partial charge in [0.05, 0.1) is 5.69 Å². The monoisotopic (exact) mass is 300 g/mol. The number of rotatable bonds is 6. The molecule has 1 rings (SSSR count). The molecule has 0 atom stereocenters. The summed E-state index contributed by atoms with van der Waals surface area (Å²) in [5.41, 5.74) is 7.09. The number of oxime groups is 1. The number of anilines is 1. The van der Waals surface area contributed by atoms with Gasteiger partial charge in [-0.05, 0) is 18.6 Å². The second-order valence-corrected chi connectivity index (χ2v) is 5.88. The third kappa shape index (κ3) is 3.61. The molecule has 1 aromatic carbocycles. The molecule has 1 aromatic rings. The molecule has 0 unspecified atom stereocenters. The lowest BCUT2D eigenvalue weighted by molar-refractivity contribution is 0.318. The molecule has 0 aliphatic heterocycles. The molecule has 20 heavy (non-hydrogen) atoms. The minimum atomic E-state index is -3.61. The Kier molecular flexibility index (Phi) is 5.34. The third-order valence-corrected chi connectivity index (χ3v) is 4.60. The third-order valence-electron chi connectivity index (χ3n) is 2.93. The van der Waals surface area contributed by atoms with Gasteiger partial charge in [-0.3, -0.25) is 4.72 Å². The van der Waals surface area contributed by atoms with Crippen LogP contribution in [-0.4, -0.2) is 36.9 Å². The Morgan fingerprint density at radius 1 is 1.40 bits per heavy atom. The van der Waals surface area contributed by atoms with E-state index >= 15 is 0 Å². The SMILES string of the molecule is CCN(CC)S(=O)(=O)Nc1cc(C(N)=NO)ccc1C. The molecular formula is C12H20N4O3S. The van der Waals surface area contributed by atoms with Crippen molar-refractivity contribution in [2.24, 2.45) is 10.9 Å². The quantitative estimate of drug-likeness (QED) is 0.316. The van der Waals surface area contributed by atoms with Crippen molar-refractivity contribution in [2.45, 2.75) is 20.8 Å². The zero-order valence-electron chi connectivity index (χ0n) is 11.8. The lowest BCUT2D eigenvalue weighted by Gasteiger charge is -2.20. The number of amidine groups is 1. The van der Waals surface area contributed by atoms with Gasteiger partial charge in [0.25, 0.3) is 0 Å². The first kappa shape index (κ1) is 16.3. The van der Waals surface area contributed by atoms with Crippen molar-refractivity contribution < 1.29 is 13.6 Å². The average molecular weight is 300 g/mol. The van der Waals surface area contributed by atoms with Crippen molar-refractivity contribution in [2.75, 3.05) is 17.8 Å². The molecule has 8 heteroatoms. The van der Waals surface area contributed by atoms with Crippen LogP contribution in [0.25, 0.3) is 0 Å². The average Bonchev–Trinajstić information content (AvgIpc) is 2.41. The van der Waals surface area contributed by atoms with E-state index in [1.807, 2.05) is 0 Å². The Balaban J connectivity index is 3.15. The van der Waals surface area contributed by atoms with Gasteiger partial charge in [0.2, 0.25) is 0 Å². The standard InChI is InChI=1S/C12H20N4O3S/c1-4-16(5-2)20(18,19)15-11-8-10(12(13)14-17)7-6-9(11)3/h6-8,15,17H,4-5H2,1-3H3,(H2,13,14). The summed E-state index contributed by atoms with van der Waals surface area (Å²) >= 11 is 0. The summed E-state index contributed by atoms with van der Waals surface area (Å²) in [6.45, 7) is 6.07. The van der Waals surface area contributed by atoms with Gasteiger partial charge in [0, 0.05) is 18.7 Å². The van der Waals surface area contributed by atoms with Crippen LogP contribution in [0.2, 0.25) is 0 Å². The molecule has 7 nitrogen and oxygen atoms in total. The van der Waals surface area contributed by atoms with E-state index in [0.29, 0.717) is 24.3 Å². The fourth-order valence-corrected chi connectivity index (χ4v) is 3.02. The van der Waals surface area contributed by atoms with Crippen LogP contribution in [0.3, 0.4) is 0 Å². The van der Waals surface area contributed by atoms with E-state index in [9.17, 15) is 8.42 Å². The lowest BCUT2D eigenvalue weighted by atomic mass is 10.1. The highest BCUT2D eigenvalue weighted by atomic mass is 32.2. The van der Waals surface area contributed by atoms with Gasteiger partial charge in [-0.15, -0.1) is 0 Å². The smallest absolute Gasteiger partial charge is 0.301 e. The first-order chi connectivity index (χ1) is 9.35. The van der Waals surface area contributed by atoms with E-state index in [1.165, 1.54) is 10.4 Å². The fraction of sp³-hybridized carbons (Fsp3) is 0.417. The molecule has 0 aromatic heterocycles. The summed E-state index contributed by atoms with van der Waals surface area (Å²) in [4.78, 5) is 0. The molecule has 0 heterocycles. The Morgan fingerprint density at radius 3 is 2.50 bits per heavy atom. The Bertz CT molecular complexity index is 595. The van der Waals surface area contributed by atoms with E-state index in [-0.39, 0.29) is 5.84 Å². The molecule has 112 valence electrons. The molecular weight excluding hydrogens is 280 g/mol. The predicted octanol–water partition coefficient (Wildman–Crippen LogP) is 1.09. The lowest BCUT2D eigenvalue weighted by Crippen LogP contribution is -2.35. The maximum absolute atomic E-state index is 12.2. The highest BCUT2D eigenvalue weighted by molar-refractivity contribution is 7.90. The van der Waals surface area contributed by atoms with E-state index in [0.717, 1.165) is 5.56 Å². The van der Waals surface area contributed by atoms with Crippen LogP contribution in [0, 0.1) is 6.92 Å². The van der Waals surface area contributed by atoms with E-state index in [2.05, 4.69) is 9.88 Å². The van der Waals surface area contributed by atoms with Crippen molar-refractivity contribution in [1.82, 2.24) is 4.31 Å². The van der Waals surface area contributed by atoms with Crippen LogP contribution in [-0.2, 0) is 10.2 Å². The van der Waals surface area contributed by atoms with Crippen LogP contribution in [0.1, 0.15) is 25.0 Å². The summed E-state index contributed by atoms with van der Waals surface area (Å²) in [5.74, 6) is -0.0757. The number of hydrogen-bond acceptors (Lipinski definition) is 4. The number of nitrogens with two attached hydrogens (primary N) is 1. The minimum Gasteiger partial charge on any atom is -0.409 e. The number of aryl methyl sites for hydroxylation is 1. The Hall–Kier alpha value is -1.80. The van der Waals surface area contributed by atoms with Crippen molar-refractivity contribution in [1.29, 1.82) is 0 Å². The van der Waals surface area contributed by atoms with Crippen molar-refractivity contribution in [3.63, 3.8) is 0 Å². The van der Waals surface area contributed by atoms with Gasteiger partial charge >= 0.3 is 10.2 Å². The predicted molar refractivity (Wildman–Crippen MR) is 79.2 cm³/mol. The highest BCUT2D eigenvalue weighted by Crippen LogP contribution is 2.19. The molecule has 0 fully saturated rings. The zero-order chi connectivity index (χ0) is 15.3. The largest absolute Gasteiger partial charge is 0.409 e. The fourth-order valence-electron chi connectivity index (χ4n) is 1.72. The van der Waals surface area contributed by atoms with Gasteiger partial charge in [-0.25, -0.2) is 0 Å². The first-order valence-corrected chi connectivity index (χ1v) is 7.66. The molecule has 0 aliphatic carbocycles. The molecule has 0 saturated heterocycles. The van der Waals surface area contributed by atoms with E-state index < -0.39 is 10.2 Å². The van der Waals surface area contributed by atoms with Crippen LogP contribution >= 0.6 is 0 Å². The van der Waals surface area contributed by atoms with Crippen LogP contribution in [0.5, 0.6) is 0 Å². The maximum Gasteiger partial charge on any atom is 0.301 e. The topological polar surface area (TPSA) is 108 Å². The van der Waals surface area contributed by atoms with Crippen molar-refractivity contribution in [3.05, 3.63) is 29.3 Å². The molecule has 0 aliphatic rings. The van der Waals surface area contributed by atoms with E-state index in [4.69, 9.17) is 10.9 Å². The van der Waals surface area contributed by atoms with Gasteiger partial charge in [-0.1, -0.05) is 31.1 Å². The number of nitrogens with zero attached hydrogens (tertiary/aromatic N) is 2. The second kappa shape index (κ2) is 6.58. The maximum atomic E-state index is 12.2. The first-order valence-electron chi connectivity index (χ1n) is 6.22. The summed E-state index contributed by atoms with van der Waals surface area (Å²) in [6, 6.07) is 4.89. The van der Waals surface area contributed by atoms with Crippen LogP contribution < -0.4 is 10.5 Å². The van der Waals surface area contributed by atoms with Crippen molar-refractivity contribution >= 4 is 21.7 Å². The number of hydrogen-bond donors (Lipinski definition) is 3. The minimum absolute atomic E-state index is 0.0757. The highest BCUT2D eigenvalue weighted by Gasteiger charge is 2.19.